The van der Waals surface area contributed by atoms with Gasteiger partial charge < -0.3 is 14.7 Å². The van der Waals surface area contributed by atoms with Crippen LogP contribution < -0.4 is 4.74 Å². The van der Waals surface area contributed by atoms with Crippen molar-refractivity contribution in [2.45, 2.75) is 64.5 Å². The molecule has 1 saturated carbocycles. The molecule has 32 heavy (non-hydrogen) atoms. The van der Waals surface area contributed by atoms with Crippen molar-refractivity contribution >= 4 is 17.4 Å². The maximum absolute atomic E-state index is 13.2. The Morgan fingerprint density at radius 2 is 1.72 bits per heavy atom. The van der Waals surface area contributed by atoms with E-state index in [4.69, 9.17) is 4.74 Å². The van der Waals surface area contributed by atoms with Crippen molar-refractivity contribution in [3.05, 3.63) is 70.3 Å². The lowest BCUT2D eigenvalue weighted by Crippen LogP contribution is -2.37. The van der Waals surface area contributed by atoms with E-state index in [0.29, 0.717) is 17.2 Å². The summed E-state index contributed by atoms with van der Waals surface area (Å²) in [6.07, 6.45) is 3.86. The topological polar surface area (TPSA) is 66.8 Å². The third kappa shape index (κ3) is 3.81. The normalized spacial score (nSPS) is 21.0. The third-order valence-corrected chi connectivity index (χ3v) is 6.79. The predicted molar refractivity (Wildman–Crippen MR) is 125 cm³/mol. The van der Waals surface area contributed by atoms with Gasteiger partial charge in [0.1, 0.15) is 11.5 Å². The number of amides is 1. The second-order valence-electron chi connectivity index (χ2n) is 9.15. The number of hydrogen-bond donors (Lipinski definition) is 1. The summed E-state index contributed by atoms with van der Waals surface area (Å²) in [5, 5.41) is 11.3. The van der Waals surface area contributed by atoms with Crippen LogP contribution in [0.25, 0.3) is 5.76 Å². The Morgan fingerprint density at radius 1 is 1.06 bits per heavy atom. The van der Waals surface area contributed by atoms with Crippen molar-refractivity contribution < 1.29 is 19.4 Å². The molecular formula is C27H31NO4. The summed E-state index contributed by atoms with van der Waals surface area (Å²) in [4.78, 5) is 28.1. The Balaban J connectivity index is 1.86. The van der Waals surface area contributed by atoms with E-state index >= 15 is 0 Å². The average molecular weight is 434 g/mol. The average Bonchev–Trinajstić information content (AvgIpc) is 3.40. The largest absolute Gasteiger partial charge is 0.507 e. The third-order valence-electron chi connectivity index (χ3n) is 6.79. The van der Waals surface area contributed by atoms with Gasteiger partial charge in [-0.25, -0.2) is 0 Å². The van der Waals surface area contributed by atoms with Crippen LogP contribution in [0.1, 0.15) is 73.7 Å². The van der Waals surface area contributed by atoms with E-state index in [2.05, 4.69) is 13.8 Å². The molecule has 1 aliphatic heterocycles. The van der Waals surface area contributed by atoms with Crippen molar-refractivity contribution in [3.8, 4) is 5.75 Å². The monoisotopic (exact) mass is 433 g/mol. The molecule has 1 atom stereocenters. The van der Waals surface area contributed by atoms with Gasteiger partial charge in [0.25, 0.3) is 11.7 Å². The van der Waals surface area contributed by atoms with E-state index in [1.165, 1.54) is 5.56 Å². The molecule has 5 heteroatoms. The van der Waals surface area contributed by atoms with Crippen LogP contribution in [0.5, 0.6) is 5.75 Å². The summed E-state index contributed by atoms with van der Waals surface area (Å²) >= 11 is 0. The van der Waals surface area contributed by atoms with Crippen molar-refractivity contribution in [2.75, 3.05) is 7.11 Å². The van der Waals surface area contributed by atoms with Gasteiger partial charge in [-0.15, -0.1) is 0 Å². The molecule has 2 aliphatic rings. The minimum atomic E-state index is -0.610. The quantitative estimate of drug-likeness (QED) is 0.385. The van der Waals surface area contributed by atoms with Crippen molar-refractivity contribution in [3.63, 3.8) is 0 Å². The van der Waals surface area contributed by atoms with Crippen LogP contribution in [0.4, 0.5) is 0 Å². The Bertz CT molecular complexity index is 1060. The lowest BCUT2D eigenvalue weighted by atomic mass is 9.92. The minimum Gasteiger partial charge on any atom is -0.507 e. The first-order valence-corrected chi connectivity index (χ1v) is 11.4. The van der Waals surface area contributed by atoms with Crippen LogP contribution in [0.2, 0.25) is 0 Å². The van der Waals surface area contributed by atoms with E-state index in [-0.39, 0.29) is 17.4 Å². The number of ketones is 1. The Kier molecular flexibility index (Phi) is 6.09. The molecule has 1 aliphatic carbocycles. The van der Waals surface area contributed by atoms with E-state index in [1.54, 1.807) is 30.2 Å². The van der Waals surface area contributed by atoms with E-state index in [0.717, 1.165) is 36.8 Å². The maximum atomic E-state index is 13.2. The molecule has 0 aromatic heterocycles. The number of carbonyl (C=O) groups is 2. The van der Waals surface area contributed by atoms with Crippen LogP contribution in [0.3, 0.4) is 0 Å². The first-order chi connectivity index (χ1) is 15.3. The summed E-state index contributed by atoms with van der Waals surface area (Å²) in [7, 11) is 1.59. The van der Waals surface area contributed by atoms with Crippen LogP contribution in [-0.4, -0.2) is 34.8 Å². The van der Waals surface area contributed by atoms with Gasteiger partial charge >= 0.3 is 0 Å². The van der Waals surface area contributed by atoms with Gasteiger partial charge in [-0.05, 0) is 60.6 Å². The van der Waals surface area contributed by atoms with Gasteiger partial charge in [0.2, 0.25) is 0 Å². The van der Waals surface area contributed by atoms with Crippen LogP contribution in [0.15, 0.2) is 48.0 Å². The SMILES string of the molecule is COc1ccc(/C(O)=C2/C(=O)C(=O)N(C3CCCC3)C2c2ccc(C(C)C)cc2)cc1C. The molecule has 4 rings (SSSR count). The lowest BCUT2D eigenvalue weighted by molar-refractivity contribution is -0.141. The highest BCUT2D eigenvalue weighted by Crippen LogP contribution is 2.43. The highest BCUT2D eigenvalue weighted by molar-refractivity contribution is 6.46. The minimum absolute atomic E-state index is 0.0177. The fraction of sp³-hybridized carbons (Fsp3) is 0.407. The number of Topliss-reactive ketones (excluding diaryl/α,β-unsaturated/α-hetero) is 1. The number of nitrogens with zero attached hydrogens (tertiary/aromatic N) is 1. The highest BCUT2D eigenvalue weighted by atomic mass is 16.5. The molecule has 0 bridgehead atoms. The molecule has 168 valence electrons. The van der Waals surface area contributed by atoms with Gasteiger partial charge in [-0.3, -0.25) is 9.59 Å². The second kappa shape index (κ2) is 8.81. The maximum Gasteiger partial charge on any atom is 0.295 e. The Hall–Kier alpha value is -3.08. The number of aryl methyl sites for hydroxylation is 1. The fourth-order valence-electron chi connectivity index (χ4n) is 4.98. The summed E-state index contributed by atoms with van der Waals surface area (Å²) in [5.74, 6) is -0.170. The van der Waals surface area contributed by atoms with Crippen LogP contribution >= 0.6 is 0 Å². The molecule has 1 unspecified atom stereocenters. The number of rotatable bonds is 5. The van der Waals surface area contributed by atoms with Gasteiger partial charge in [-0.1, -0.05) is 51.0 Å². The van der Waals surface area contributed by atoms with Crippen molar-refractivity contribution in [2.24, 2.45) is 0 Å². The number of benzene rings is 2. The van der Waals surface area contributed by atoms with Gasteiger partial charge in [0, 0.05) is 11.6 Å². The van der Waals surface area contributed by atoms with E-state index < -0.39 is 17.7 Å². The molecule has 2 aromatic rings. The van der Waals surface area contributed by atoms with Crippen LogP contribution in [0, 0.1) is 6.92 Å². The highest BCUT2D eigenvalue weighted by Gasteiger charge is 2.49. The molecule has 1 amide bonds. The molecule has 1 saturated heterocycles. The number of carbonyl (C=O) groups excluding carboxylic acids is 2. The summed E-state index contributed by atoms with van der Waals surface area (Å²) in [6.45, 7) is 6.14. The zero-order valence-electron chi connectivity index (χ0n) is 19.2. The molecule has 0 radical (unpaired) electrons. The molecular weight excluding hydrogens is 402 g/mol. The van der Waals surface area contributed by atoms with Crippen molar-refractivity contribution in [1.82, 2.24) is 4.90 Å². The second-order valence-corrected chi connectivity index (χ2v) is 9.15. The molecule has 2 fully saturated rings. The van der Waals surface area contributed by atoms with Crippen LogP contribution in [-0.2, 0) is 9.59 Å². The number of aliphatic hydroxyl groups excluding tert-OH is 1. The van der Waals surface area contributed by atoms with Gasteiger partial charge in [0.15, 0.2) is 0 Å². The summed E-state index contributed by atoms with van der Waals surface area (Å²) < 4.78 is 5.32. The molecule has 1 heterocycles. The molecule has 5 nitrogen and oxygen atoms in total. The Labute approximate surface area is 189 Å². The molecule has 2 aromatic carbocycles. The van der Waals surface area contributed by atoms with Gasteiger partial charge in [-0.2, -0.15) is 0 Å². The smallest absolute Gasteiger partial charge is 0.295 e. The number of aliphatic hydroxyl groups is 1. The Morgan fingerprint density at radius 3 is 2.28 bits per heavy atom. The predicted octanol–water partition coefficient (Wildman–Crippen LogP) is 5.49. The molecule has 1 N–H and O–H groups in total. The van der Waals surface area contributed by atoms with E-state index in [9.17, 15) is 14.7 Å². The number of methoxy groups -OCH3 is 1. The lowest BCUT2D eigenvalue weighted by Gasteiger charge is -2.31. The molecule has 0 spiro atoms. The fourth-order valence-corrected chi connectivity index (χ4v) is 4.98. The standard InChI is InChI=1S/C27H31NO4/c1-16(2)18-9-11-19(12-10-18)24-23(25(29)20-13-14-22(32-4)17(3)15-20)26(30)27(31)28(24)21-7-5-6-8-21/h9-16,21,24,29H,5-8H2,1-4H3/b25-23-. The first kappa shape index (κ1) is 22.1. The number of likely N-dealkylation sites (tertiary alicyclic amines) is 1. The zero-order valence-corrected chi connectivity index (χ0v) is 19.2. The summed E-state index contributed by atoms with van der Waals surface area (Å²) in [6, 6.07) is 12.8. The number of hydrogen-bond acceptors (Lipinski definition) is 4. The van der Waals surface area contributed by atoms with E-state index in [1.807, 2.05) is 31.2 Å². The van der Waals surface area contributed by atoms with Crippen molar-refractivity contribution in [1.29, 1.82) is 0 Å². The number of ether oxygens (including phenoxy) is 1. The first-order valence-electron chi connectivity index (χ1n) is 11.4. The zero-order chi connectivity index (χ0) is 23.0. The summed E-state index contributed by atoms with van der Waals surface area (Å²) in [5.41, 5.74) is 3.57. The van der Waals surface area contributed by atoms with Gasteiger partial charge in [0.05, 0.1) is 18.7 Å².